The van der Waals surface area contributed by atoms with Crippen LogP contribution in [-0.2, 0) is 16.4 Å². The second kappa shape index (κ2) is 8.60. The van der Waals surface area contributed by atoms with Gasteiger partial charge in [-0.2, -0.15) is 0 Å². The Morgan fingerprint density at radius 3 is 2.60 bits per heavy atom. The number of rotatable bonds is 5. The molecule has 0 aromatic heterocycles. The third-order valence-corrected chi connectivity index (χ3v) is 8.50. The lowest BCUT2D eigenvalue weighted by Crippen LogP contribution is -2.41. The van der Waals surface area contributed by atoms with Gasteiger partial charge in [-0.05, 0) is 56.0 Å². The molecule has 1 saturated carbocycles. The fraction of sp³-hybridized carbons (Fsp3) is 0.435. The molecule has 2 aromatic rings. The highest BCUT2D eigenvalue weighted by Crippen LogP contribution is 2.35. The maximum absolute atomic E-state index is 13.5. The van der Waals surface area contributed by atoms with Crippen LogP contribution in [0.1, 0.15) is 54.9 Å². The summed E-state index contributed by atoms with van der Waals surface area (Å²) in [6.45, 7) is 2.95. The number of fused-ring (bicyclic) bond motifs is 1. The number of hydrogen-bond donors (Lipinski definition) is 0. The van der Waals surface area contributed by atoms with Crippen molar-refractivity contribution in [3.63, 3.8) is 0 Å². The molecule has 7 heteroatoms. The first-order valence-electron chi connectivity index (χ1n) is 10.6. The first-order chi connectivity index (χ1) is 14.4. The van der Waals surface area contributed by atoms with Crippen LogP contribution in [-0.4, -0.2) is 38.4 Å². The van der Waals surface area contributed by atoms with E-state index in [2.05, 4.69) is 0 Å². The van der Waals surface area contributed by atoms with Crippen molar-refractivity contribution in [3.05, 3.63) is 58.6 Å². The Morgan fingerprint density at radius 1 is 1.13 bits per heavy atom. The van der Waals surface area contributed by atoms with Crippen LogP contribution < -0.4 is 4.31 Å². The summed E-state index contributed by atoms with van der Waals surface area (Å²) in [6.07, 6.45) is 6.14. The Balaban J connectivity index is 1.67. The standard InChI is InChI=1S/C23H27ClN2O3S/c1-2-25(19-9-4-3-5-10-19)23(27)18-12-13-20(24)22(16-18)30(28,29)26-15-14-17-8-6-7-11-21(17)26/h6-8,11-13,16,19H,2-5,9-10,14-15H2,1H3. The summed E-state index contributed by atoms with van der Waals surface area (Å²) in [6, 6.07) is 12.3. The van der Waals surface area contributed by atoms with Crippen LogP contribution in [0, 0.1) is 0 Å². The molecule has 160 valence electrons. The highest BCUT2D eigenvalue weighted by molar-refractivity contribution is 7.93. The van der Waals surface area contributed by atoms with Crippen LogP contribution in [0.25, 0.3) is 0 Å². The molecule has 0 atom stereocenters. The second-order valence-electron chi connectivity index (χ2n) is 7.98. The lowest BCUT2D eigenvalue weighted by Gasteiger charge is -2.33. The number of halogens is 1. The smallest absolute Gasteiger partial charge is 0.265 e. The van der Waals surface area contributed by atoms with Gasteiger partial charge in [-0.15, -0.1) is 0 Å². The van der Waals surface area contributed by atoms with E-state index in [1.165, 1.54) is 22.9 Å². The Hall–Kier alpha value is -2.05. The summed E-state index contributed by atoms with van der Waals surface area (Å²) in [7, 11) is -3.87. The Kier molecular flexibility index (Phi) is 6.07. The van der Waals surface area contributed by atoms with Crippen LogP contribution in [0.15, 0.2) is 47.4 Å². The number of carbonyl (C=O) groups is 1. The average molecular weight is 447 g/mol. The topological polar surface area (TPSA) is 57.7 Å². The molecule has 0 bridgehead atoms. The molecule has 0 spiro atoms. The Bertz CT molecular complexity index is 1050. The van der Waals surface area contributed by atoms with Crippen molar-refractivity contribution in [2.45, 2.75) is 56.4 Å². The minimum Gasteiger partial charge on any atom is -0.336 e. The summed E-state index contributed by atoms with van der Waals surface area (Å²) in [5.74, 6) is -0.126. The van der Waals surface area contributed by atoms with Crippen molar-refractivity contribution < 1.29 is 13.2 Å². The molecule has 1 aliphatic carbocycles. The van der Waals surface area contributed by atoms with E-state index in [9.17, 15) is 13.2 Å². The van der Waals surface area contributed by atoms with E-state index in [0.29, 0.717) is 30.8 Å². The van der Waals surface area contributed by atoms with Gasteiger partial charge in [0.05, 0.1) is 10.7 Å². The van der Waals surface area contributed by atoms with Crippen LogP contribution in [0.4, 0.5) is 5.69 Å². The minimum atomic E-state index is -3.87. The van der Waals surface area contributed by atoms with Crippen LogP contribution in [0.5, 0.6) is 0 Å². The van der Waals surface area contributed by atoms with Gasteiger partial charge in [-0.1, -0.05) is 49.1 Å². The largest absolute Gasteiger partial charge is 0.336 e. The Labute approximate surface area is 183 Å². The van der Waals surface area contributed by atoms with Crippen molar-refractivity contribution in [2.24, 2.45) is 0 Å². The van der Waals surface area contributed by atoms with E-state index in [4.69, 9.17) is 11.6 Å². The second-order valence-corrected chi connectivity index (χ2v) is 10.2. The molecule has 1 aliphatic heterocycles. The minimum absolute atomic E-state index is 0.00795. The first-order valence-corrected chi connectivity index (χ1v) is 12.5. The highest BCUT2D eigenvalue weighted by atomic mass is 35.5. The average Bonchev–Trinajstić information content (AvgIpc) is 3.20. The molecule has 1 fully saturated rings. The predicted molar refractivity (Wildman–Crippen MR) is 120 cm³/mol. The number of amides is 1. The van der Waals surface area contributed by atoms with Crippen molar-refractivity contribution in [1.82, 2.24) is 4.90 Å². The maximum atomic E-state index is 13.5. The number of sulfonamides is 1. The lowest BCUT2D eigenvalue weighted by atomic mass is 9.93. The van der Waals surface area contributed by atoms with E-state index < -0.39 is 10.0 Å². The number of anilines is 1. The van der Waals surface area contributed by atoms with Gasteiger partial charge in [0, 0.05) is 24.7 Å². The summed E-state index contributed by atoms with van der Waals surface area (Å²) < 4.78 is 28.3. The quantitative estimate of drug-likeness (QED) is 0.657. The van der Waals surface area contributed by atoms with Gasteiger partial charge in [0.25, 0.3) is 15.9 Å². The lowest BCUT2D eigenvalue weighted by molar-refractivity contribution is 0.0647. The highest BCUT2D eigenvalue weighted by Gasteiger charge is 2.33. The van der Waals surface area contributed by atoms with E-state index in [0.717, 1.165) is 31.2 Å². The van der Waals surface area contributed by atoms with Crippen molar-refractivity contribution >= 4 is 33.2 Å². The van der Waals surface area contributed by atoms with Gasteiger partial charge >= 0.3 is 0 Å². The van der Waals surface area contributed by atoms with Gasteiger partial charge in [0.1, 0.15) is 4.90 Å². The van der Waals surface area contributed by atoms with E-state index in [1.807, 2.05) is 36.1 Å². The van der Waals surface area contributed by atoms with E-state index in [-0.39, 0.29) is 21.9 Å². The number of para-hydroxylation sites is 1. The number of carbonyl (C=O) groups excluding carboxylic acids is 1. The molecule has 0 unspecified atom stereocenters. The molecular formula is C23H27ClN2O3S. The maximum Gasteiger partial charge on any atom is 0.265 e. The van der Waals surface area contributed by atoms with Gasteiger partial charge in [-0.3, -0.25) is 9.10 Å². The molecule has 4 rings (SSSR count). The molecule has 30 heavy (non-hydrogen) atoms. The number of nitrogens with zero attached hydrogens (tertiary/aromatic N) is 2. The van der Waals surface area contributed by atoms with E-state index in [1.54, 1.807) is 6.07 Å². The summed E-state index contributed by atoms with van der Waals surface area (Å²) in [5, 5.41) is 0.136. The molecule has 1 heterocycles. The zero-order valence-corrected chi connectivity index (χ0v) is 18.8. The van der Waals surface area contributed by atoms with Crippen molar-refractivity contribution in [3.8, 4) is 0 Å². The molecule has 0 saturated heterocycles. The monoisotopic (exact) mass is 446 g/mol. The Morgan fingerprint density at radius 2 is 1.87 bits per heavy atom. The molecule has 0 radical (unpaired) electrons. The third-order valence-electron chi connectivity index (χ3n) is 6.21. The van der Waals surface area contributed by atoms with Crippen LogP contribution in [0.3, 0.4) is 0 Å². The molecule has 2 aliphatic rings. The van der Waals surface area contributed by atoms with Gasteiger partial charge in [0.15, 0.2) is 0 Å². The van der Waals surface area contributed by atoms with Crippen LogP contribution in [0.2, 0.25) is 5.02 Å². The molecule has 0 N–H and O–H groups in total. The van der Waals surface area contributed by atoms with Gasteiger partial charge in [-0.25, -0.2) is 8.42 Å². The SMILES string of the molecule is CCN(C(=O)c1ccc(Cl)c(S(=O)(=O)N2CCc3ccccc32)c1)C1CCCCC1. The summed E-state index contributed by atoms with van der Waals surface area (Å²) >= 11 is 6.32. The van der Waals surface area contributed by atoms with Crippen molar-refractivity contribution in [2.75, 3.05) is 17.4 Å². The molecule has 2 aromatic carbocycles. The van der Waals surface area contributed by atoms with E-state index >= 15 is 0 Å². The molecule has 5 nitrogen and oxygen atoms in total. The first kappa shape index (κ1) is 21.2. The van der Waals surface area contributed by atoms with Gasteiger partial charge in [0.2, 0.25) is 0 Å². The fourth-order valence-electron chi connectivity index (χ4n) is 4.64. The predicted octanol–water partition coefficient (Wildman–Crippen LogP) is 4.89. The van der Waals surface area contributed by atoms with Gasteiger partial charge < -0.3 is 4.90 Å². The number of hydrogen-bond acceptors (Lipinski definition) is 3. The normalized spacial score (nSPS) is 17.1. The molecular weight excluding hydrogens is 420 g/mol. The fourth-order valence-corrected chi connectivity index (χ4v) is 6.64. The summed E-state index contributed by atoms with van der Waals surface area (Å²) in [4.78, 5) is 15.1. The zero-order chi connectivity index (χ0) is 21.3. The zero-order valence-electron chi connectivity index (χ0n) is 17.2. The number of benzene rings is 2. The van der Waals surface area contributed by atoms with Crippen molar-refractivity contribution in [1.29, 1.82) is 0 Å². The summed E-state index contributed by atoms with van der Waals surface area (Å²) in [5.41, 5.74) is 2.06. The third kappa shape index (κ3) is 3.83. The van der Waals surface area contributed by atoms with Crippen LogP contribution >= 0.6 is 11.6 Å². The molecule has 1 amide bonds.